The predicted octanol–water partition coefficient (Wildman–Crippen LogP) is 3.99. The second-order valence-corrected chi connectivity index (χ2v) is 6.96. The van der Waals surface area contributed by atoms with E-state index >= 15 is 0 Å². The number of carbonyl (C=O) groups is 2. The largest absolute Gasteiger partial charge is 0.455 e. The number of carbonyl (C=O) groups excluding carboxylic acids is 2. The van der Waals surface area contributed by atoms with E-state index in [-0.39, 0.29) is 24.0 Å². The van der Waals surface area contributed by atoms with Gasteiger partial charge in [-0.05, 0) is 36.1 Å². The standard InChI is InChI=1S/C20H22N2O5S/c1-3-14-6-5-7-15(4-2)20(14)21-18(23)12-27-19(24)13-28-17-10-8-16(9-11-17)22(25)26/h5-11H,3-4,12-13H2,1-2H3,(H,21,23). The fraction of sp³-hybridized carbons (Fsp3) is 0.300. The molecule has 0 aliphatic heterocycles. The summed E-state index contributed by atoms with van der Waals surface area (Å²) < 4.78 is 5.03. The summed E-state index contributed by atoms with van der Waals surface area (Å²) in [5.74, 6) is -0.904. The van der Waals surface area contributed by atoms with Crippen LogP contribution in [-0.4, -0.2) is 29.2 Å². The molecule has 0 saturated carbocycles. The van der Waals surface area contributed by atoms with Crippen molar-refractivity contribution in [3.63, 3.8) is 0 Å². The topological polar surface area (TPSA) is 98.5 Å². The van der Waals surface area contributed by atoms with Crippen molar-refractivity contribution in [2.24, 2.45) is 0 Å². The number of aryl methyl sites for hydroxylation is 2. The lowest BCUT2D eigenvalue weighted by Crippen LogP contribution is -2.22. The predicted molar refractivity (Wildman–Crippen MR) is 109 cm³/mol. The van der Waals surface area contributed by atoms with E-state index in [1.807, 2.05) is 32.0 Å². The third-order valence-electron chi connectivity index (χ3n) is 4.03. The summed E-state index contributed by atoms with van der Waals surface area (Å²) in [5, 5.41) is 13.5. The van der Waals surface area contributed by atoms with E-state index in [0.29, 0.717) is 4.90 Å². The summed E-state index contributed by atoms with van der Waals surface area (Å²) in [6.45, 7) is 3.67. The molecule has 7 nitrogen and oxygen atoms in total. The molecule has 2 aromatic rings. The van der Waals surface area contributed by atoms with Crippen LogP contribution in [0.2, 0.25) is 0 Å². The quantitative estimate of drug-likeness (QED) is 0.295. The second-order valence-electron chi connectivity index (χ2n) is 5.91. The summed E-state index contributed by atoms with van der Waals surface area (Å²) in [4.78, 5) is 34.9. The number of amides is 1. The zero-order valence-corrected chi connectivity index (χ0v) is 16.6. The molecule has 0 radical (unpaired) electrons. The van der Waals surface area contributed by atoms with Crippen molar-refractivity contribution in [3.05, 3.63) is 63.7 Å². The molecule has 2 rings (SSSR count). The molecular weight excluding hydrogens is 380 g/mol. The average molecular weight is 402 g/mol. The molecule has 28 heavy (non-hydrogen) atoms. The first-order valence-corrected chi connectivity index (χ1v) is 9.86. The van der Waals surface area contributed by atoms with Gasteiger partial charge < -0.3 is 10.1 Å². The molecule has 1 N–H and O–H groups in total. The van der Waals surface area contributed by atoms with E-state index in [1.165, 1.54) is 23.9 Å². The molecule has 0 aliphatic carbocycles. The van der Waals surface area contributed by atoms with Crippen molar-refractivity contribution in [1.29, 1.82) is 0 Å². The molecule has 0 spiro atoms. The third kappa shape index (κ3) is 6.09. The number of ether oxygens (including phenoxy) is 1. The van der Waals surface area contributed by atoms with Gasteiger partial charge in [0.1, 0.15) is 0 Å². The zero-order chi connectivity index (χ0) is 20.5. The molecule has 0 heterocycles. The van der Waals surface area contributed by atoms with Crippen molar-refractivity contribution >= 4 is 35.0 Å². The van der Waals surface area contributed by atoms with Crippen LogP contribution in [0.15, 0.2) is 47.4 Å². The summed E-state index contributed by atoms with van der Waals surface area (Å²) >= 11 is 1.19. The zero-order valence-electron chi connectivity index (χ0n) is 15.8. The lowest BCUT2D eigenvalue weighted by molar-refractivity contribution is -0.384. The van der Waals surface area contributed by atoms with Crippen LogP contribution < -0.4 is 5.32 Å². The highest BCUT2D eigenvalue weighted by Gasteiger charge is 2.13. The molecule has 8 heteroatoms. The van der Waals surface area contributed by atoms with Crippen molar-refractivity contribution in [3.8, 4) is 0 Å². The Morgan fingerprint density at radius 2 is 1.68 bits per heavy atom. The SMILES string of the molecule is CCc1cccc(CC)c1NC(=O)COC(=O)CSc1ccc([N+](=O)[O-])cc1. The Morgan fingerprint density at radius 1 is 1.07 bits per heavy atom. The van der Waals surface area contributed by atoms with Gasteiger partial charge in [-0.15, -0.1) is 11.8 Å². The monoisotopic (exact) mass is 402 g/mol. The molecule has 0 bridgehead atoms. The van der Waals surface area contributed by atoms with Gasteiger partial charge in [-0.1, -0.05) is 32.0 Å². The number of para-hydroxylation sites is 1. The molecular formula is C20H22N2O5S. The highest BCUT2D eigenvalue weighted by Crippen LogP contribution is 2.23. The smallest absolute Gasteiger partial charge is 0.316 e. The van der Waals surface area contributed by atoms with E-state index in [9.17, 15) is 19.7 Å². The van der Waals surface area contributed by atoms with Crippen LogP contribution in [0.3, 0.4) is 0 Å². The summed E-state index contributed by atoms with van der Waals surface area (Å²) in [5.41, 5.74) is 2.84. The Balaban J connectivity index is 1.83. The number of hydrogen-bond donors (Lipinski definition) is 1. The molecule has 148 valence electrons. The van der Waals surface area contributed by atoms with Crippen molar-refractivity contribution in [1.82, 2.24) is 0 Å². The van der Waals surface area contributed by atoms with E-state index in [2.05, 4.69) is 5.32 Å². The minimum atomic E-state index is -0.530. The van der Waals surface area contributed by atoms with Crippen LogP contribution >= 0.6 is 11.8 Å². The van der Waals surface area contributed by atoms with Crippen LogP contribution in [0.1, 0.15) is 25.0 Å². The van der Waals surface area contributed by atoms with Crippen molar-refractivity contribution in [2.75, 3.05) is 17.7 Å². The Bertz CT molecular complexity index is 830. The lowest BCUT2D eigenvalue weighted by atomic mass is 10.0. The van der Waals surface area contributed by atoms with E-state index in [0.717, 1.165) is 29.7 Å². The van der Waals surface area contributed by atoms with Crippen molar-refractivity contribution in [2.45, 2.75) is 31.6 Å². The molecule has 0 aliphatic rings. The van der Waals surface area contributed by atoms with Gasteiger partial charge in [0.15, 0.2) is 6.61 Å². The first-order chi connectivity index (χ1) is 13.4. The van der Waals surface area contributed by atoms with Gasteiger partial charge in [0.25, 0.3) is 11.6 Å². The Labute approximate surface area is 167 Å². The van der Waals surface area contributed by atoms with Gasteiger partial charge in [0, 0.05) is 22.7 Å². The number of non-ortho nitro benzene ring substituents is 1. The van der Waals surface area contributed by atoms with Gasteiger partial charge in [-0.2, -0.15) is 0 Å². The molecule has 0 atom stereocenters. The minimum absolute atomic E-state index is 0.0108. The number of anilines is 1. The van der Waals surface area contributed by atoms with E-state index in [1.54, 1.807) is 12.1 Å². The third-order valence-corrected chi connectivity index (χ3v) is 5.02. The van der Waals surface area contributed by atoms with Gasteiger partial charge in [0.05, 0.1) is 10.7 Å². The fourth-order valence-electron chi connectivity index (χ4n) is 2.57. The molecule has 2 aromatic carbocycles. The van der Waals surface area contributed by atoms with Crippen LogP contribution in [0.4, 0.5) is 11.4 Å². The maximum absolute atomic E-state index is 12.2. The molecule has 0 aromatic heterocycles. The number of nitrogens with zero attached hydrogens (tertiary/aromatic N) is 1. The lowest BCUT2D eigenvalue weighted by Gasteiger charge is -2.14. The highest BCUT2D eigenvalue weighted by atomic mass is 32.2. The van der Waals surface area contributed by atoms with Crippen LogP contribution in [0.25, 0.3) is 0 Å². The summed E-state index contributed by atoms with van der Waals surface area (Å²) in [6.07, 6.45) is 1.57. The normalized spacial score (nSPS) is 10.4. The number of hydrogen-bond acceptors (Lipinski definition) is 6. The number of esters is 1. The molecule has 1 amide bonds. The van der Waals surface area contributed by atoms with Gasteiger partial charge >= 0.3 is 5.97 Å². The van der Waals surface area contributed by atoms with Crippen molar-refractivity contribution < 1.29 is 19.2 Å². The van der Waals surface area contributed by atoms with Gasteiger partial charge in [-0.3, -0.25) is 19.7 Å². The maximum Gasteiger partial charge on any atom is 0.316 e. The van der Waals surface area contributed by atoms with Crippen LogP contribution in [0.5, 0.6) is 0 Å². The minimum Gasteiger partial charge on any atom is -0.455 e. The Hall–Kier alpha value is -2.87. The number of nitrogens with one attached hydrogen (secondary N) is 1. The number of benzene rings is 2. The summed E-state index contributed by atoms with van der Waals surface area (Å²) in [7, 11) is 0. The Kier molecular flexibility index (Phi) is 8.01. The molecule has 0 fully saturated rings. The average Bonchev–Trinajstić information content (AvgIpc) is 2.71. The number of thioether (sulfide) groups is 1. The van der Waals surface area contributed by atoms with E-state index in [4.69, 9.17) is 4.74 Å². The van der Waals surface area contributed by atoms with Crippen LogP contribution in [0, 0.1) is 10.1 Å². The number of rotatable bonds is 9. The molecule has 0 saturated heterocycles. The number of nitro benzene ring substituents is 1. The second kappa shape index (κ2) is 10.5. The van der Waals surface area contributed by atoms with E-state index < -0.39 is 10.9 Å². The Morgan fingerprint density at radius 3 is 2.21 bits per heavy atom. The molecule has 0 unspecified atom stereocenters. The fourth-order valence-corrected chi connectivity index (χ4v) is 3.27. The highest BCUT2D eigenvalue weighted by molar-refractivity contribution is 8.00. The first kappa shape index (κ1) is 21.4. The first-order valence-electron chi connectivity index (χ1n) is 8.88. The van der Waals surface area contributed by atoms with Crippen LogP contribution in [-0.2, 0) is 27.2 Å². The van der Waals surface area contributed by atoms with Gasteiger partial charge in [-0.25, -0.2) is 0 Å². The maximum atomic E-state index is 12.2. The number of nitro groups is 1. The van der Waals surface area contributed by atoms with Gasteiger partial charge in [0.2, 0.25) is 0 Å². The summed E-state index contributed by atoms with van der Waals surface area (Å²) in [6, 6.07) is 11.8.